The Morgan fingerprint density at radius 1 is 0.378 bits per heavy atom. The molecule has 0 unspecified atom stereocenters. The normalized spacial score (nSPS) is 11.8. The van der Waals surface area contributed by atoms with E-state index in [0.717, 1.165) is 0 Å². The highest BCUT2D eigenvalue weighted by molar-refractivity contribution is 6.19. The van der Waals surface area contributed by atoms with Gasteiger partial charge in [0.2, 0.25) is 0 Å². The van der Waals surface area contributed by atoms with Crippen LogP contribution in [0.25, 0.3) is 43.1 Å². The lowest BCUT2D eigenvalue weighted by Crippen LogP contribution is -1.88. The Kier molecular flexibility index (Phi) is 9.12. The van der Waals surface area contributed by atoms with Crippen LogP contribution in [0.5, 0.6) is 0 Å². The van der Waals surface area contributed by atoms with Gasteiger partial charge in [-0.3, -0.25) is 0 Å². The molecule has 0 N–H and O–H groups in total. The van der Waals surface area contributed by atoms with Crippen LogP contribution in [0.4, 0.5) is 0 Å². The molecule has 5 aromatic rings. The van der Waals surface area contributed by atoms with Crippen molar-refractivity contribution in [3.63, 3.8) is 0 Å². The summed E-state index contributed by atoms with van der Waals surface area (Å²) in [6, 6.07) is 29.8. The molecule has 0 radical (unpaired) electrons. The lowest BCUT2D eigenvalue weighted by molar-refractivity contribution is 0.539. The fourth-order valence-electron chi connectivity index (χ4n) is 6.12. The molecule has 0 nitrogen and oxygen atoms in total. The van der Waals surface area contributed by atoms with E-state index in [0.29, 0.717) is 0 Å². The zero-order valence-electron chi connectivity index (χ0n) is 22.9. The Bertz CT molecular complexity index is 1440. The van der Waals surface area contributed by atoms with Gasteiger partial charge in [-0.05, 0) is 73.6 Å². The predicted octanol–water partition coefficient (Wildman–Crippen LogP) is 11.9. The Balaban J connectivity index is 1.12. The molecule has 0 aliphatic heterocycles. The van der Waals surface area contributed by atoms with Gasteiger partial charge in [-0.25, -0.2) is 0 Å². The van der Waals surface area contributed by atoms with Crippen molar-refractivity contribution in [1.29, 1.82) is 0 Å². The van der Waals surface area contributed by atoms with E-state index in [-0.39, 0.29) is 0 Å². The van der Waals surface area contributed by atoms with Crippen LogP contribution in [-0.4, -0.2) is 0 Å². The Labute approximate surface area is 224 Å². The molecule has 192 valence electrons. The predicted molar refractivity (Wildman–Crippen MR) is 166 cm³/mol. The molecule has 5 rings (SSSR count). The summed E-state index contributed by atoms with van der Waals surface area (Å²) in [5.41, 5.74) is 1.49. The van der Waals surface area contributed by atoms with Gasteiger partial charge < -0.3 is 0 Å². The van der Waals surface area contributed by atoms with E-state index in [9.17, 15) is 0 Å². The van der Waals surface area contributed by atoms with Crippen LogP contribution in [0.15, 0.2) is 78.9 Å². The van der Waals surface area contributed by atoms with Crippen molar-refractivity contribution in [2.45, 2.75) is 96.8 Å². The second kappa shape index (κ2) is 13.1. The van der Waals surface area contributed by atoms with E-state index in [1.807, 2.05) is 0 Å². The van der Waals surface area contributed by atoms with Crippen molar-refractivity contribution >= 4 is 43.1 Å². The molecule has 0 amide bonds. The lowest BCUT2D eigenvalue weighted by atomic mass is 9.94. The third-order valence-corrected chi connectivity index (χ3v) is 8.33. The van der Waals surface area contributed by atoms with E-state index in [1.165, 1.54) is 139 Å². The summed E-state index contributed by atoms with van der Waals surface area (Å²) in [6.45, 7) is 2.30. The van der Waals surface area contributed by atoms with Crippen LogP contribution in [0, 0.1) is 0 Å². The van der Waals surface area contributed by atoms with Crippen molar-refractivity contribution in [3.8, 4) is 0 Å². The molecule has 0 heteroatoms. The van der Waals surface area contributed by atoms with E-state index >= 15 is 0 Å². The minimum atomic E-state index is 1.20. The molecule has 0 spiro atoms. The number of hydrogen-bond acceptors (Lipinski definition) is 0. The van der Waals surface area contributed by atoms with E-state index in [4.69, 9.17) is 0 Å². The highest BCUT2D eigenvalue weighted by Crippen LogP contribution is 2.34. The Morgan fingerprint density at radius 3 is 1.54 bits per heavy atom. The van der Waals surface area contributed by atoms with Crippen molar-refractivity contribution in [1.82, 2.24) is 0 Å². The summed E-state index contributed by atoms with van der Waals surface area (Å²) in [6.07, 6.45) is 19.6. The molecule has 0 atom stereocenters. The first-order chi connectivity index (χ1) is 18.3. The molecule has 0 aromatic heterocycles. The van der Waals surface area contributed by atoms with Gasteiger partial charge >= 0.3 is 0 Å². The smallest absolute Gasteiger partial charge is 0.00987 e. The highest BCUT2D eigenvalue weighted by atomic mass is 14.1. The van der Waals surface area contributed by atoms with Gasteiger partial charge in [0.05, 0.1) is 0 Å². The molecule has 0 aliphatic rings. The summed E-state index contributed by atoms with van der Waals surface area (Å²) >= 11 is 0. The maximum absolute atomic E-state index is 2.43. The summed E-state index contributed by atoms with van der Waals surface area (Å²) in [7, 11) is 0. The molecular weight excluding hydrogens is 444 g/mol. The van der Waals surface area contributed by atoms with Crippen LogP contribution in [0.1, 0.15) is 96.0 Å². The van der Waals surface area contributed by atoms with Crippen LogP contribution in [0.3, 0.4) is 0 Å². The number of benzene rings is 5. The first-order valence-electron chi connectivity index (χ1n) is 15.1. The number of fused-ring (bicyclic) bond motifs is 6. The zero-order valence-corrected chi connectivity index (χ0v) is 22.9. The zero-order chi connectivity index (χ0) is 25.3. The van der Waals surface area contributed by atoms with Gasteiger partial charge in [0, 0.05) is 0 Å². The minimum Gasteiger partial charge on any atom is -0.0654 e. The van der Waals surface area contributed by atoms with E-state index in [2.05, 4.69) is 85.8 Å². The molecule has 0 saturated carbocycles. The first kappa shape index (κ1) is 25.8. The maximum atomic E-state index is 2.43. The molecule has 0 aliphatic carbocycles. The molecule has 0 saturated heterocycles. The Hall–Kier alpha value is -2.86. The van der Waals surface area contributed by atoms with E-state index in [1.54, 1.807) is 0 Å². The number of rotatable bonds is 14. The third-order valence-electron chi connectivity index (χ3n) is 8.33. The summed E-state index contributed by atoms with van der Waals surface area (Å²) < 4.78 is 0. The number of unbranched alkanes of at least 4 members (excludes halogenated alkanes) is 12. The fraction of sp³-hybridized carbons (Fsp3) is 0.405. The Morgan fingerprint density at radius 2 is 0.892 bits per heavy atom. The topological polar surface area (TPSA) is 0 Å². The van der Waals surface area contributed by atoms with Crippen molar-refractivity contribution in [2.24, 2.45) is 0 Å². The summed E-state index contributed by atoms with van der Waals surface area (Å²) in [5.74, 6) is 0. The quantitative estimate of drug-likeness (QED) is 0.0828. The second-order valence-electron chi connectivity index (χ2n) is 11.2. The molecule has 37 heavy (non-hydrogen) atoms. The number of hydrogen-bond donors (Lipinski definition) is 0. The number of aryl methyl sites for hydroxylation is 1. The van der Waals surface area contributed by atoms with Crippen molar-refractivity contribution in [3.05, 3.63) is 84.4 Å². The van der Waals surface area contributed by atoms with Crippen LogP contribution in [-0.2, 0) is 6.42 Å². The maximum Gasteiger partial charge on any atom is -0.00987 e. The minimum absolute atomic E-state index is 1.20. The van der Waals surface area contributed by atoms with Gasteiger partial charge in [-0.2, -0.15) is 0 Å². The van der Waals surface area contributed by atoms with Crippen molar-refractivity contribution in [2.75, 3.05) is 0 Å². The summed E-state index contributed by atoms with van der Waals surface area (Å²) in [5, 5.41) is 10.8. The van der Waals surface area contributed by atoms with Crippen LogP contribution >= 0.6 is 0 Å². The standard InChI is InChI=1S/C37H44/c1-2-3-4-5-6-7-8-9-10-11-12-13-14-17-29-20-23-34-32(26-29)21-25-36-35(34)24-22-33-27-30-18-15-16-19-31(30)28-37(33)36/h15-16,18-28H,2-14,17H2,1H3. The fourth-order valence-corrected chi connectivity index (χ4v) is 6.12. The van der Waals surface area contributed by atoms with Gasteiger partial charge in [-0.15, -0.1) is 0 Å². The third kappa shape index (κ3) is 6.53. The average molecular weight is 489 g/mol. The molecule has 5 aromatic carbocycles. The molecule has 0 heterocycles. The monoisotopic (exact) mass is 488 g/mol. The molecular formula is C37H44. The second-order valence-corrected chi connectivity index (χ2v) is 11.2. The SMILES string of the molecule is CCCCCCCCCCCCCCCc1ccc2c(ccc3c4cc5ccccc5cc4ccc23)c1. The molecule has 0 fully saturated rings. The van der Waals surface area contributed by atoms with Gasteiger partial charge in [0.15, 0.2) is 0 Å². The van der Waals surface area contributed by atoms with E-state index < -0.39 is 0 Å². The van der Waals surface area contributed by atoms with Crippen molar-refractivity contribution < 1.29 is 0 Å². The first-order valence-corrected chi connectivity index (χ1v) is 15.1. The highest BCUT2D eigenvalue weighted by Gasteiger charge is 2.07. The van der Waals surface area contributed by atoms with Gasteiger partial charge in [-0.1, -0.05) is 151 Å². The largest absolute Gasteiger partial charge is 0.0654 e. The lowest BCUT2D eigenvalue weighted by Gasteiger charge is -2.10. The van der Waals surface area contributed by atoms with Crippen LogP contribution < -0.4 is 0 Å². The van der Waals surface area contributed by atoms with Crippen LogP contribution in [0.2, 0.25) is 0 Å². The summed E-state index contributed by atoms with van der Waals surface area (Å²) in [4.78, 5) is 0. The van der Waals surface area contributed by atoms with Gasteiger partial charge in [0.25, 0.3) is 0 Å². The van der Waals surface area contributed by atoms with Gasteiger partial charge in [0.1, 0.15) is 0 Å². The average Bonchev–Trinajstić information content (AvgIpc) is 2.94. The molecule has 0 bridgehead atoms.